The number of nitro groups is 1. The van der Waals surface area contributed by atoms with Gasteiger partial charge in [0.15, 0.2) is 0 Å². The van der Waals surface area contributed by atoms with E-state index in [1.807, 2.05) is 0 Å². The molecule has 1 heterocycles. The topological polar surface area (TPSA) is 105 Å². The first kappa shape index (κ1) is 14.4. The summed E-state index contributed by atoms with van der Waals surface area (Å²) >= 11 is 0. The number of rotatable bonds is 6. The SMILES string of the molecule is O=C(O)c1cc(NCCc2ccc([N+](=O)[O-])cc2)ccn1. The number of anilines is 1. The second-order valence-electron chi connectivity index (χ2n) is 4.34. The van der Waals surface area contributed by atoms with Crippen molar-refractivity contribution in [3.8, 4) is 0 Å². The molecule has 0 atom stereocenters. The molecule has 108 valence electrons. The van der Waals surface area contributed by atoms with E-state index < -0.39 is 10.9 Å². The Labute approximate surface area is 120 Å². The van der Waals surface area contributed by atoms with Crippen molar-refractivity contribution in [2.75, 3.05) is 11.9 Å². The summed E-state index contributed by atoms with van der Waals surface area (Å²) in [6.45, 7) is 0.584. The maximum absolute atomic E-state index is 10.8. The lowest BCUT2D eigenvalue weighted by molar-refractivity contribution is -0.384. The Balaban J connectivity index is 1.90. The van der Waals surface area contributed by atoms with Gasteiger partial charge in [0.05, 0.1) is 4.92 Å². The van der Waals surface area contributed by atoms with Gasteiger partial charge in [0, 0.05) is 30.6 Å². The average Bonchev–Trinajstić information content (AvgIpc) is 2.48. The molecule has 2 rings (SSSR count). The minimum Gasteiger partial charge on any atom is -0.477 e. The van der Waals surface area contributed by atoms with Gasteiger partial charge in [-0.1, -0.05) is 12.1 Å². The third-order valence-electron chi connectivity index (χ3n) is 2.87. The van der Waals surface area contributed by atoms with Crippen LogP contribution in [0.3, 0.4) is 0 Å². The van der Waals surface area contributed by atoms with Gasteiger partial charge in [0.1, 0.15) is 5.69 Å². The normalized spacial score (nSPS) is 10.1. The van der Waals surface area contributed by atoms with Crippen LogP contribution in [0, 0.1) is 10.1 Å². The highest BCUT2D eigenvalue weighted by Gasteiger charge is 2.05. The van der Waals surface area contributed by atoms with Crippen molar-refractivity contribution in [3.05, 3.63) is 64.0 Å². The molecule has 0 aliphatic heterocycles. The van der Waals surface area contributed by atoms with Gasteiger partial charge in [-0.05, 0) is 24.1 Å². The number of hydrogen-bond donors (Lipinski definition) is 2. The van der Waals surface area contributed by atoms with Crippen molar-refractivity contribution in [3.63, 3.8) is 0 Å². The minimum atomic E-state index is -1.07. The Morgan fingerprint density at radius 2 is 2.00 bits per heavy atom. The van der Waals surface area contributed by atoms with Crippen molar-refractivity contribution >= 4 is 17.3 Å². The number of benzene rings is 1. The summed E-state index contributed by atoms with van der Waals surface area (Å²) in [6.07, 6.45) is 2.10. The van der Waals surface area contributed by atoms with Gasteiger partial charge < -0.3 is 10.4 Å². The molecule has 0 amide bonds. The van der Waals surface area contributed by atoms with E-state index in [-0.39, 0.29) is 11.4 Å². The average molecular weight is 287 g/mol. The van der Waals surface area contributed by atoms with Gasteiger partial charge in [0.25, 0.3) is 5.69 Å². The zero-order valence-electron chi connectivity index (χ0n) is 11.0. The van der Waals surface area contributed by atoms with E-state index in [9.17, 15) is 14.9 Å². The van der Waals surface area contributed by atoms with Crippen LogP contribution in [0.15, 0.2) is 42.6 Å². The monoisotopic (exact) mass is 287 g/mol. The third-order valence-corrected chi connectivity index (χ3v) is 2.87. The van der Waals surface area contributed by atoms with Gasteiger partial charge in [-0.15, -0.1) is 0 Å². The van der Waals surface area contributed by atoms with Gasteiger partial charge in [0.2, 0.25) is 0 Å². The first-order valence-corrected chi connectivity index (χ1v) is 6.23. The van der Waals surface area contributed by atoms with Crippen LogP contribution in [0.25, 0.3) is 0 Å². The van der Waals surface area contributed by atoms with E-state index >= 15 is 0 Å². The number of aromatic carboxylic acids is 1. The van der Waals surface area contributed by atoms with Crippen LogP contribution in [0.5, 0.6) is 0 Å². The molecule has 0 unspecified atom stereocenters. The van der Waals surface area contributed by atoms with E-state index in [0.29, 0.717) is 18.7 Å². The standard InChI is InChI=1S/C14H13N3O4/c18-14(19)13-9-11(6-8-16-13)15-7-5-10-1-3-12(4-2-10)17(20)21/h1-4,6,8-9H,5,7H2,(H,15,16)(H,18,19). The van der Waals surface area contributed by atoms with Gasteiger partial charge in [-0.2, -0.15) is 0 Å². The molecule has 1 aromatic carbocycles. The number of nitro benzene ring substituents is 1. The Hall–Kier alpha value is -2.96. The molecule has 0 saturated carbocycles. The predicted octanol–water partition coefficient (Wildman–Crippen LogP) is 2.34. The summed E-state index contributed by atoms with van der Waals surface area (Å²) in [7, 11) is 0. The number of non-ortho nitro benzene ring substituents is 1. The Morgan fingerprint density at radius 1 is 1.29 bits per heavy atom. The number of nitrogens with one attached hydrogen (secondary N) is 1. The second kappa shape index (κ2) is 6.47. The molecular formula is C14H13N3O4. The maximum atomic E-state index is 10.8. The third kappa shape index (κ3) is 4.00. The Morgan fingerprint density at radius 3 is 2.62 bits per heavy atom. The highest BCUT2D eigenvalue weighted by molar-refractivity contribution is 5.86. The quantitative estimate of drug-likeness (QED) is 0.624. The molecule has 0 aliphatic carbocycles. The summed E-state index contributed by atoms with van der Waals surface area (Å²) < 4.78 is 0. The number of carbonyl (C=O) groups is 1. The van der Waals surface area contributed by atoms with E-state index in [1.165, 1.54) is 24.4 Å². The van der Waals surface area contributed by atoms with Crippen LogP contribution in [-0.4, -0.2) is 27.5 Å². The van der Waals surface area contributed by atoms with E-state index in [2.05, 4.69) is 10.3 Å². The molecule has 0 saturated heterocycles. The lowest BCUT2D eigenvalue weighted by Crippen LogP contribution is -2.07. The molecule has 7 heteroatoms. The van der Waals surface area contributed by atoms with Crippen LogP contribution in [0.2, 0.25) is 0 Å². The minimum absolute atomic E-state index is 0.0182. The molecule has 0 fully saturated rings. The summed E-state index contributed by atoms with van der Waals surface area (Å²) in [5.74, 6) is -1.07. The highest BCUT2D eigenvalue weighted by atomic mass is 16.6. The van der Waals surface area contributed by atoms with Crippen LogP contribution in [0.4, 0.5) is 11.4 Å². The van der Waals surface area contributed by atoms with Crippen molar-refractivity contribution in [1.82, 2.24) is 4.98 Å². The van der Waals surface area contributed by atoms with Gasteiger partial charge in [-0.25, -0.2) is 9.78 Å². The fraction of sp³-hybridized carbons (Fsp3) is 0.143. The Kier molecular flexibility index (Phi) is 4.45. The second-order valence-corrected chi connectivity index (χ2v) is 4.34. The first-order valence-electron chi connectivity index (χ1n) is 6.23. The summed E-state index contributed by atoms with van der Waals surface area (Å²) in [5, 5.41) is 22.5. The lowest BCUT2D eigenvalue weighted by Gasteiger charge is -2.06. The van der Waals surface area contributed by atoms with E-state index in [0.717, 1.165) is 5.56 Å². The summed E-state index contributed by atoms with van der Waals surface area (Å²) in [5.41, 5.74) is 1.67. The van der Waals surface area contributed by atoms with Crippen LogP contribution in [-0.2, 0) is 6.42 Å². The molecule has 1 aromatic heterocycles. The highest BCUT2D eigenvalue weighted by Crippen LogP contribution is 2.13. The smallest absolute Gasteiger partial charge is 0.354 e. The summed E-state index contributed by atoms with van der Waals surface area (Å²) in [4.78, 5) is 24.6. The molecule has 2 aromatic rings. The van der Waals surface area contributed by atoms with Crippen molar-refractivity contribution in [1.29, 1.82) is 0 Å². The number of nitrogens with zero attached hydrogens (tertiary/aromatic N) is 2. The molecule has 0 aliphatic rings. The maximum Gasteiger partial charge on any atom is 0.354 e. The van der Waals surface area contributed by atoms with Crippen molar-refractivity contribution in [2.45, 2.75) is 6.42 Å². The number of carboxylic acids is 1. The first-order chi connectivity index (χ1) is 10.1. The van der Waals surface area contributed by atoms with Crippen LogP contribution in [0.1, 0.15) is 16.1 Å². The van der Waals surface area contributed by atoms with E-state index in [4.69, 9.17) is 5.11 Å². The van der Waals surface area contributed by atoms with Crippen molar-refractivity contribution < 1.29 is 14.8 Å². The van der Waals surface area contributed by atoms with Crippen LogP contribution >= 0.6 is 0 Å². The number of carboxylic acid groups (broad SMARTS) is 1. The fourth-order valence-corrected chi connectivity index (χ4v) is 1.79. The molecular weight excluding hydrogens is 274 g/mol. The zero-order chi connectivity index (χ0) is 15.2. The molecule has 0 bridgehead atoms. The fourth-order valence-electron chi connectivity index (χ4n) is 1.79. The molecule has 21 heavy (non-hydrogen) atoms. The Bertz CT molecular complexity index is 656. The molecule has 0 spiro atoms. The van der Waals surface area contributed by atoms with Crippen molar-refractivity contribution in [2.24, 2.45) is 0 Å². The van der Waals surface area contributed by atoms with Gasteiger partial charge >= 0.3 is 5.97 Å². The van der Waals surface area contributed by atoms with Crippen LogP contribution < -0.4 is 5.32 Å². The number of aromatic nitrogens is 1. The molecule has 7 nitrogen and oxygen atoms in total. The predicted molar refractivity (Wildman–Crippen MR) is 76.5 cm³/mol. The summed E-state index contributed by atoms with van der Waals surface area (Å²) in [6, 6.07) is 9.47. The number of pyridine rings is 1. The zero-order valence-corrected chi connectivity index (χ0v) is 11.0. The largest absolute Gasteiger partial charge is 0.477 e. The number of hydrogen-bond acceptors (Lipinski definition) is 5. The van der Waals surface area contributed by atoms with E-state index in [1.54, 1.807) is 18.2 Å². The lowest BCUT2D eigenvalue weighted by atomic mass is 10.1. The molecule has 0 radical (unpaired) electrons. The molecule has 2 N–H and O–H groups in total. The van der Waals surface area contributed by atoms with Gasteiger partial charge in [-0.3, -0.25) is 10.1 Å².